The van der Waals surface area contributed by atoms with Gasteiger partial charge in [0.2, 0.25) is 0 Å². The molecule has 0 aromatic heterocycles. The Hall–Kier alpha value is -0.300. The first-order valence-corrected chi connectivity index (χ1v) is 9.73. The van der Waals surface area contributed by atoms with Gasteiger partial charge in [-0.3, -0.25) is 0 Å². The summed E-state index contributed by atoms with van der Waals surface area (Å²) in [6, 6.07) is 0. The summed E-state index contributed by atoms with van der Waals surface area (Å²) in [5.41, 5.74) is 0. The zero-order valence-corrected chi connectivity index (χ0v) is 15.0. The van der Waals surface area contributed by atoms with E-state index >= 15 is 0 Å². The standard InChI is InChI=1S/C20H41N/c1-3-5-7-8-9-10-11-12-13-14-15-16-17-18-20-21-19-6-4-2/h4,6,21H,3,5,7-20H2,1-2H3. The van der Waals surface area contributed by atoms with Crippen LogP contribution >= 0.6 is 0 Å². The SMILES string of the molecule is CC=CCNCCCCCCCCCCCCCCCC. The molecule has 0 radical (unpaired) electrons. The molecule has 0 fully saturated rings. The van der Waals surface area contributed by atoms with Crippen LogP contribution in [0.4, 0.5) is 0 Å². The van der Waals surface area contributed by atoms with Gasteiger partial charge in [0, 0.05) is 6.54 Å². The molecule has 1 N–H and O–H groups in total. The van der Waals surface area contributed by atoms with Gasteiger partial charge in [0.25, 0.3) is 0 Å². The molecule has 0 saturated carbocycles. The first-order valence-electron chi connectivity index (χ1n) is 9.73. The highest BCUT2D eigenvalue weighted by atomic mass is 14.8. The first kappa shape index (κ1) is 20.7. The van der Waals surface area contributed by atoms with Crippen molar-refractivity contribution in [1.29, 1.82) is 0 Å². The van der Waals surface area contributed by atoms with Gasteiger partial charge < -0.3 is 5.32 Å². The van der Waals surface area contributed by atoms with Gasteiger partial charge in [-0.25, -0.2) is 0 Å². The Morgan fingerprint density at radius 3 is 1.48 bits per heavy atom. The molecule has 0 atom stereocenters. The third-order valence-corrected chi connectivity index (χ3v) is 4.20. The summed E-state index contributed by atoms with van der Waals surface area (Å²) in [4.78, 5) is 0. The van der Waals surface area contributed by atoms with Crippen LogP contribution in [0.15, 0.2) is 12.2 Å². The second kappa shape index (κ2) is 19.7. The molecular formula is C20H41N. The summed E-state index contributed by atoms with van der Waals surface area (Å²) in [6.45, 7) is 6.59. The van der Waals surface area contributed by atoms with Crippen molar-refractivity contribution >= 4 is 0 Å². The van der Waals surface area contributed by atoms with Gasteiger partial charge in [-0.1, -0.05) is 103 Å². The number of hydrogen-bond acceptors (Lipinski definition) is 1. The van der Waals surface area contributed by atoms with Gasteiger partial charge in [-0.15, -0.1) is 0 Å². The molecule has 0 bridgehead atoms. The maximum absolute atomic E-state index is 3.44. The Bertz CT molecular complexity index is 198. The summed E-state index contributed by atoms with van der Waals surface area (Å²) < 4.78 is 0. The van der Waals surface area contributed by atoms with Crippen molar-refractivity contribution in [2.75, 3.05) is 13.1 Å². The third-order valence-electron chi connectivity index (χ3n) is 4.20. The van der Waals surface area contributed by atoms with Crippen LogP contribution in [0.1, 0.15) is 104 Å². The van der Waals surface area contributed by atoms with E-state index in [4.69, 9.17) is 0 Å². The van der Waals surface area contributed by atoms with Gasteiger partial charge >= 0.3 is 0 Å². The van der Waals surface area contributed by atoms with Crippen molar-refractivity contribution in [3.8, 4) is 0 Å². The molecule has 1 nitrogen and oxygen atoms in total. The van der Waals surface area contributed by atoms with Crippen LogP contribution in [0.2, 0.25) is 0 Å². The van der Waals surface area contributed by atoms with Gasteiger partial charge in [-0.05, 0) is 19.9 Å². The molecule has 21 heavy (non-hydrogen) atoms. The largest absolute Gasteiger partial charge is 0.313 e. The number of nitrogens with one attached hydrogen (secondary N) is 1. The summed E-state index contributed by atoms with van der Waals surface area (Å²) in [6.07, 6.45) is 24.5. The van der Waals surface area contributed by atoms with Crippen molar-refractivity contribution < 1.29 is 0 Å². The summed E-state index contributed by atoms with van der Waals surface area (Å²) in [5, 5.41) is 3.44. The molecule has 0 rings (SSSR count). The molecule has 0 aromatic rings. The summed E-state index contributed by atoms with van der Waals surface area (Å²) in [5.74, 6) is 0. The van der Waals surface area contributed by atoms with Crippen LogP contribution in [-0.4, -0.2) is 13.1 Å². The van der Waals surface area contributed by atoms with E-state index in [1.54, 1.807) is 0 Å². The quantitative estimate of drug-likeness (QED) is 0.234. The molecule has 1 heteroatoms. The molecule has 0 unspecified atom stereocenters. The van der Waals surface area contributed by atoms with Crippen molar-refractivity contribution in [1.82, 2.24) is 5.32 Å². The second-order valence-corrected chi connectivity index (χ2v) is 6.37. The third kappa shape index (κ3) is 19.7. The van der Waals surface area contributed by atoms with E-state index in [0.717, 1.165) is 6.54 Å². The zero-order valence-electron chi connectivity index (χ0n) is 15.0. The van der Waals surface area contributed by atoms with Gasteiger partial charge in [-0.2, -0.15) is 0 Å². The van der Waals surface area contributed by atoms with E-state index in [1.165, 1.54) is 96.4 Å². The van der Waals surface area contributed by atoms with Crippen molar-refractivity contribution in [3.05, 3.63) is 12.2 Å². The lowest BCUT2D eigenvalue weighted by atomic mass is 10.0. The fraction of sp³-hybridized carbons (Fsp3) is 0.900. The molecule has 126 valence electrons. The minimum atomic E-state index is 1.04. The van der Waals surface area contributed by atoms with E-state index in [-0.39, 0.29) is 0 Å². The molecule has 0 aromatic carbocycles. The fourth-order valence-electron chi connectivity index (χ4n) is 2.75. The first-order chi connectivity index (χ1) is 10.4. The molecule has 0 spiro atoms. The Balaban J connectivity index is 2.93. The van der Waals surface area contributed by atoms with E-state index in [1.807, 2.05) is 0 Å². The maximum Gasteiger partial charge on any atom is 0.0134 e. The van der Waals surface area contributed by atoms with Crippen LogP contribution in [0.5, 0.6) is 0 Å². The number of hydrogen-bond donors (Lipinski definition) is 1. The average Bonchev–Trinajstić information content (AvgIpc) is 2.50. The molecule has 0 aliphatic carbocycles. The van der Waals surface area contributed by atoms with Crippen LogP contribution in [0, 0.1) is 0 Å². The van der Waals surface area contributed by atoms with Crippen LogP contribution < -0.4 is 5.32 Å². The fourth-order valence-corrected chi connectivity index (χ4v) is 2.75. The molecule has 0 saturated heterocycles. The van der Waals surface area contributed by atoms with E-state index in [9.17, 15) is 0 Å². The average molecular weight is 296 g/mol. The monoisotopic (exact) mass is 295 g/mol. The normalized spacial score (nSPS) is 11.5. The van der Waals surface area contributed by atoms with Crippen molar-refractivity contribution in [3.63, 3.8) is 0 Å². The molecule has 0 heterocycles. The number of allylic oxidation sites excluding steroid dienone is 1. The highest BCUT2D eigenvalue weighted by molar-refractivity contribution is 4.78. The molecule has 0 amide bonds. The van der Waals surface area contributed by atoms with Gasteiger partial charge in [0.15, 0.2) is 0 Å². The van der Waals surface area contributed by atoms with Crippen LogP contribution in [0.3, 0.4) is 0 Å². The smallest absolute Gasteiger partial charge is 0.0134 e. The highest BCUT2D eigenvalue weighted by Crippen LogP contribution is 2.12. The second-order valence-electron chi connectivity index (χ2n) is 6.37. The topological polar surface area (TPSA) is 12.0 Å². The Kier molecular flexibility index (Phi) is 19.4. The minimum Gasteiger partial charge on any atom is -0.313 e. The molecule has 0 aliphatic rings. The zero-order chi connectivity index (χ0) is 15.4. The summed E-state index contributed by atoms with van der Waals surface area (Å²) in [7, 11) is 0. The van der Waals surface area contributed by atoms with E-state index < -0.39 is 0 Å². The van der Waals surface area contributed by atoms with Gasteiger partial charge in [0.1, 0.15) is 0 Å². The lowest BCUT2D eigenvalue weighted by Gasteiger charge is -2.04. The Morgan fingerprint density at radius 2 is 1.05 bits per heavy atom. The van der Waals surface area contributed by atoms with Crippen LogP contribution in [0.25, 0.3) is 0 Å². The molecular weight excluding hydrogens is 254 g/mol. The van der Waals surface area contributed by atoms with E-state index in [0.29, 0.717) is 0 Å². The number of unbranched alkanes of at least 4 members (excludes halogenated alkanes) is 13. The predicted octanol–water partition coefficient (Wildman–Crippen LogP) is 6.63. The maximum atomic E-state index is 3.44. The van der Waals surface area contributed by atoms with E-state index in [2.05, 4.69) is 31.3 Å². The summed E-state index contributed by atoms with van der Waals surface area (Å²) >= 11 is 0. The van der Waals surface area contributed by atoms with Crippen molar-refractivity contribution in [2.24, 2.45) is 0 Å². The highest BCUT2D eigenvalue weighted by Gasteiger charge is 1.93. The Morgan fingerprint density at radius 1 is 0.619 bits per heavy atom. The predicted molar refractivity (Wildman–Crippen MR) is 98.0 cm³/mol. The lowest BCUT2D eigenvalue weighted by molar-refractivity contribution is 0.532. The van der Waals surface area contributed by atoms with Gasteiger partial charge in [0.05, 0.1) is 0 Å². The lowest BCUT2D eigenvalue weighted by Crippen LogP contribution is -2.14. The van der Waals surface area contributed by atoms with Crippen molar-refractivity contribution in [2.45, 2.75) is 104 Å². The molecule has 0 aliphatic heterocycles. The van der Waals surface area contributed by atoms with Crippen LogP contribution in [-0.2, 0) is 0 Å². The minimum absolute atomic E-state index is 1.04. The Labute approximate surface area is 135 Å². The number of rotatable bonds is 17.